The zero-order chi connectivity index (χ0) is 15.7. The molecule has 0 bridgehead atoms. The Morgan fingerprint density at radius 2 is 1.73 bits per heavy atom. The van der Waals surface area contributed by atoms with Crippen molar-refractivity contribution in [3.8, 4) is 0 Å². The molecule has 0 N–H and O–H groups in total. The van der Waals surface area contributed by atoms with Gasteiger partial charge in [0.25, 0.3) is 5.56 Å². The molecule has 0 saturated heterocycles. The molecule has 0 radical (unpaired) electrons. The lowest BCUT2D eigenvalue weighted by Crippen LogP contribution is -2.37. The Bertz CT molecular complexity index is 985. The van der Waals surface area contributed by atoms with Gasteiger partial charge in [0.05, 0.1) is 11.9 Å². The number of hydrogen-bond acceptors (Lipinski definition) is 4. The number of aromatic nitrogens is 4. The molecule has 1 aromatic carbocycles. The van der Waals surface area contributed by atoms with E-state index < -0.39 is 11.2 Å². The van der Waals surface area contributed by atoms with E-state index in [4.69, 9.17) is 0 Å². The molecule has 22 heavy (non-hydrogen) atoms. The van der Waals surface area contributed by atoms with Crippen LogP contribution in [0.1, 0.15) is 11.3 Å². The van der Waals surface area contributed by atoms with Crippen LogP contribution in [-0.4, -0.2) is 19.1 Å². The lowest BCUT2D eigenvalue weighted by molar-refractivity contribution is 0.704. The lowest BCUT2D eigenvalue weighted by Gasteiger charge is -2.06. The second-order valence-electron chi connectivity index (χ2n) is 4.92. The van der Waals surface area contributed by atoms with Crippen LogP contribution in [0, 0.1) is 0 Å². The van der Waals surface area contributed by atoms with Crippen molar-refractivity contribution >= 4 is 23.3 Å². The highest BCUT2D eigenvalue weighted by molar-refractivity contribution is 5.73. The van der Waals surface area contributed by atoms with Crippen molar-refractivity contribution in [2.75, 3.05) is 0 Å². The van der Waals surface area contributed by atoms with Crippen LogP contribution in [0.15, 0.2) is 46.1 Å². The van der Waals surface area contributed by atoms with Crippen molar-refractivity contribution in [1.29, 1.82) is 0 Å². The summed E-state index contributed by atoms with van der Waals surface area (Å²) in [4.78, 5) is 32.5. The Hall–Kier alpha value is -3.02. The molecule has 0 aliphatic carbocycles. The summed E-state index contributed by atoms with van der Waals surface area (Å²) in [5.74, 6) is 0. The quantitative estimate of drug-likeness (QED) is 0.712. The lowest BCUT2D eigenvalue weighted by atomic mass is 10.2. The van der Waals surface area contributed by atoms with Gasteiger partial charge in [-0.3, -0.25) is 13.9 Å². The largest absolute Gasteiger partial charge is 0.332 e. The highest BCUT2D eigenvalue weighted by Crippen LogP contribution is 2.07. The van der Waals surface area contributed by atoms with Gasteiger partial charge in [-0.25, -0.2) is 14.8 Å². The van der Waals surface area contributed by atoms with Crippen LogP contribution < -0.4 is 11.2 Å². The molecule has 0 unspecified atom stereocenters. The second-order valence-corrected chi connectivity index (χ2v) is 4.92. The fraction of sp³-hybridized carbons (Fsp3) is 0.125. The number of benzene rings is 1. The first-order valence-electron chi connectivity index (χ1n) is 6.74. The van der Waals surface area contributed by atoms with Gasteiger partial charge in [0.1, 0.15) is 0 Å². The average molecular weight is 294 g/mol. The topological polar surface area (TPSA) is 69.8 Å². The number of hydrogen-bond donors (Lipinski definition) is 0. The molecule has 6 heteroatoms. The van der Waals surface area contributed by atoms with Crippen molar-refractivity contribution < 1.29 is 0 Å². The minimum atomic E-state index is -0.441. The van der Waals surface area contributed by atoms with Gasteiger partial charge in [0.2, 0.25) is 0 Å². The van der Waals surface area contributed by atoms with Gasteiger partial charge < -0.3 is 0 Å². The standard InChI is InChI=1S/C16H14N4O2/c1-19-14-13(15(21)20(2)16(19)22)17-10-12(18-14)9-8-11-6-4-3-5-7-11/h3-10H,1-2H3/b9-8+. The number of rotatable bonds is 2. The van der Waals surface area contributed by atoms with E-state index in [0.29, 0.717) is 5.69 Å². The van der Waals surface area contributed by atoms with Gasteiger partial charge in [-0.05, 0) is 11.6 Å². The Morgan fingerprint density at radius 1 is 1.00 bits per heavy atom. The zero-order valence-corrected chi connectivity index (χ0v) is 12.2. The van der Waals surface area contributed by atoms with Crippen LogP contribution in [0.5, 0.6) is 0 Å². The first-order chi connectivity index (χ1) is 10.6. The molecule has 0 fully saturated rings. The maximum absolute atomic E-state index is 12.0. The predicted molar refractivity (Wildman–Crippen MR) is 85.4 cm³/mol. The summed E-state index contributed by atoms with van der Waals surface area (Å²) in [7, 11) is 3.00. The fourth-order valence-corrected chi connectivity index (χ4v) is 2.16. The summed E-state index contributed by atoms with van der Waals surface area (Å²) in [6, 6.07) is 9.77. The van der Waals surface area contributed by atoms with E-state index in [2.05, 4.69) is 9.97 Å². The van der Waals surface area contributed by atoms with Crippen molar-refractivity contribution in [1.82, 2.24) is 19.1 Å². The Balaban J connectivity index is 2.13. The van der Waals surface area contributed by atoms with Gasteiger partial charge in [-0.2, -0.15) is 0 Å². The van der Waals surface area contributed by atoms with E-state index in [0.717, 1.165) is 10.1 Å². The zero-order valence-electron chi connectivity index (χ0n) is 12.2. The molecule has 6 nitrogen and oxygen atoms in total. The Kier molecular flexibility index (Phi) is 3.42. The molecule has 0 aliphatic rings. The van der Waals surface area contributed by atoms with Crippen LogP contribution in [0.4, 0.5) is 0 Å². The first kappa shape index (κ1) is 13.9. The SMILES string of the molecule is Cn1c(=O)c2ncc(/C=C/c3ccccc3)nc2n(C)c1=O. The summed E-state index contributed by atoms with van der Waals surface area (Å²) in [5, 5.41) is 0. The van der Waals surface area contributed by atoms with Gasteiger partial charge >= 0.3 is 5.69 Å². The summed E-state index contributed by atoms with van der Waals surface area (Å²) < 4.78 is 2.35. The first-order valence-corrected chi connectivity index (χ1v) is 6.74. The number of nitrogens with zero attached hydrogens (tertiary/aromatic N) is 4. The van der Waals surface area contributed by atoms with Crippen LogP contribution >= 0.6 is 0 Å². The third-order valence-corrected chi connectivity index (χ3v) is 3.42. The number of aryl methyl sites for hydroxylation is 1. The molecule has 0 aliphatic heterocycles. The Morgan fingerprint density at radius 3 is 2.45 bits per heavy atom. The van der Waals surface area contributed by atoms with Gasteiger partial charge in [0, 0.05) is 14.1 Å². The normalized spacial score (nSPS) is 11.4. The van der Waals surface area contributed by atoms with E-state index in [1.54, 1.807) is 13.1 Å². The summed E-state index contributed by atoms with van der Waals surface area (Å²) >= 11 is 0. The highest BCUT2D eigenvalue weighted by Gasteiger charge is 2.10. The fourth-order valence-electron chi connectivity index (χ4n) is 2.16. The number of fused-ring (bicyclic) bond motifs is 1. The molecule has 0 atom stereocenters. The average Bonchev–Trinajstić information content (AvgIpc) is 2.57. The molecule has 2 aromatic heterocycles. The van der Waals surface area contributed by atoms with Crippen LogP contribution in [0.25, 0.3) is 23.3 Å². The van der Waals surface area contributed by atoms with E-state index in [1.165, 1.54) is 17.8 Å². The molecule has 3 aromatic rings. The molecule has 110 valence electrons. The smallest absolute Gasteiger partial charge is 0.279 e. The van der Waals surface area contributed by atoms with E-state index in [9.17, 15) is 9.59 Å². The summed E-state index contributed by atoms with van der Waals surface area (Å²) in [6.07, 6.45) is 5.21. The molecule has 2 heterocycles. The van der Waals surface area contributed by atoms with Gasteiger partial charge in [0.15, 0.2) is 11.2 Å². The maximum Gasteiger partial charge on any atom is 0.332 e. The van der Waals surface area contributed by atoms with E-state index >= 15 is 0 Å². The predicted octanol–water partition coefficient (Wildman–Crippen LogP) is 1.20. The van der Waals surface area contributed by atoms with Gasteiger partial charge in [-0.15, -0.1) is 0 Å². The minimum absolute atomic E-state index is 0.182. The van der Waals surface area contributed by atoms with Gasteiger partial charge in [-0.1, -0.05) is 36.4 Å². The van der Waals surface area contributed by atoms with Crippen molar-refractivity contribution in [3.05, 3.63) is 68.6 Å². The van der Waals surface area contributed by atoms with Crippen molar-refractivity contribution in [2.24, 2.45) is 14.1 Å². The minimum Gasteiger partial charge on any atom is -0.279 e. The van der Waals surface area contributed by atoms with Crippen molar-refractivity contribution in [3.63, 3.8) is 0 Å². The third kappa shape index (κ3) is 2.35. The highest BCUT2D eigenvalue weighted by atomic mass is 16.2. The summed E-state index contributed by atoms with van der Waals surface area (Å²) in [5.41, 5.74) is 1.21. The molecule has 0 spiro atoms. The van der Waals surface area contributed by atoms with Crippen LogP contribution in [-0.2, 0) is 14.1 Å². The second kappa shape index (κ2) is 5.40. The molecule has 0 saturated carbocycles. The van der Waals surface area contributed by atoms with Crippen molar-refractivity contribution in [2.45, 2.75) is 0 Å². The third-order valence-electron chi connectivity index (χ3n) is 3.42. The molecule has 0 amide bonds. The molecular formula is C16H14N4O2. The summed E-state index contributed by atoms with van der Waals surface area (Å²) in [6.45, 7) is 0. The monoisotopic (exact) mass is 294 g/mol. The van der Waals surface area contributed by atoms with E-state index in [-0.39, 0.29) is 11.2 Å². The molecular weight excluding hydrogens is 280 g/mol. The Labute approximate surface area is 126 Å². The molecule has 3 rings (SSSR count). The van der Waals surface area contributed by atoms with Crippen LogP contribution in [0.3, 0.4) is 0 Å². The maximum atomic E-state index is 12.0. The van der Waals surface area contributed by atoms with E-state index in [1.807, 2.05) is 36.4 Å². The van der Waals surface area contributed by atoms with Crippen LogP contribution in [0.2, 0.25) is 0 Å².